The molecule has 2 bridgehead atoms. The van der Waals surface area contributed by atoms with Crippen LogP contribution < -0.4 is 5.32 Å². The molecule has 0 saturated heterocycles. The maximum atomic E-state index is 12.1. The monoisotopic (exact) mass is 271 g/mol. The van der Waals surface area contributed by atoms with Gasteiger partial charge >= 0.3 is 0 Å². The molecule has 20 heavy (non-hydrogen) atoms. The van der Waals surface area contributed by atoms with E-state index in [9.17, 15) is 4.79 Å². The molecular formula is C18H25NO. The van der Waals surface area contributed by atoms with Crippen molar-refractivity contribution in [3.05, 3.63) is 35.9 Å². The van der Waals surface area contributed by atoms with Crippen LogP contribution in [0.3, 0.4) is 0 Å². The van der Waals surface area contributed by atoms with Crippen molar-refractivity contribution in [1.29, 1.82) is 0 Å². The van der Waals surface area contributed by atoms with E-state index >= 15 is 0 Å². The molecule has 0 aromatic heterocycles. The lowest BCUT2D eigenvalue weighted by atomic mass is 9.84. The van der Waals surface area contributed by atoms with Gasteiger partial charge in [-0.2, -0.15) is 0 Å². The van der Waals surface area contributed by atoms with Crippen LogP contribution in [0.25, 0.3) is 0 Å². The Kier molecular flexibility index (Phi) is 4.09. The van der Waals surface area contributed by atoms with Gasteiger partial charge in [0, 0.05) is 12.5 Å². The predicted molar refractivity (Wildman–Crippen MR) is 81.3 cm³/mol. The van der Waals surface area contributed by atoms with Crippen molar-refractivity contribution in [3.8, 4) is 0 Å². The van der Waals surface area contributed by atoms with Crippen LogP contribution in [0.2, 0.25) is 0 Å². The molecule has 1 aromatic rings. The van der Waals surface area contributed by atoms with E-state index in [-0.39, 0.29) is 5.91 Å². The van der Waals surface area contributed by atoms with Gasteiger partial charge in [-0.25, -0.2) is 0 Å². The second-order valence-corrected chi connectivity index (χ2v) is 6.68. The van der Waals surface area contributed by atoms with E-state index in [1.807, 2.05) is 18.2 Å². The van der Waals surface area contributed by atoms with Gasteiger partial charge < -0.3 is 5.32 Å². The number of rotatable bonds is 5. The van der Waals surface area contributed by atoms with Crippen LogP contribution in [0.5, 0.6) is 0 Å². The minimum atomic E-state index is 0.212. The first-order chi connectivity index (χ1) is 9.72. The van der Waals surface area contributed by atoms with E-state index in [1.54, 1.807) is 0 Å². The first-order valence-corrected chi connectivity index (χ1v) is 8.05. The number of hydrogen-bond acceptors (Lipinski definition) is 1. The smallest absolute Gasteiger partial charge is 0.220 e. The fourth-order valence-electron chi connectivity index (χ4n) is 4.24. The van der Waals surface area contributed by atoms with Crippen molar-refractivity contribution in [2.24, 2.45) is 17.8 Å². The Bertz CT molecular complexity index is 456. The predicted octanol–water partition coefficient (Wildman–Crippen LogP) is 3.56. The maximum Gasteiger partial charge on any atom is 0.220 e. The summed E-state index contributed by atoms with van der Waals surface area (Å²) in [4.78, 5) is 12.1. The molecule has 1 N–H and O–H groups in total. The fraction of sp³-hybridized carbons (Fsp3) is 0.611. The summed E-state index contributed by atoms with van der Waals surface area (Å²) < 4.78 is 0. The van der Waals surface area contributed by atoms with Crippen LogP contribution in [0.1, 0.15) is 44.6 Å². The molecule has 1 aromatic carbocycles. The number of carbonyl (C=O) groups is 1. The molecule has 0 heterocycles. The molecule has 1 amide bonds. The quantitative estimate of drug-likeness (QED) is 0.871. The molecule has 4 atom stereocenters. The summed E-state index contributed by atoms with van der Waals surface area (Å²) in [5.41, 5.74) is 1.25. The lowest BCUT2D eigenvalue weighted by Crippen LogP contribution is -2.40. The number of aryl methyl sites for hydroxylation is 1. The molecule has 0 aliphatic heterocycles. The van der Waals surface area contributed by atoms with Gasteiger partial charge in [0.05, 0.1) is 0 Å². The molecule has 0 radical (unpaired) electrons. The molecular weight excluding hydrogens is 246 g/mol. The number of amides is 1. The average Bonchev–Trinajstić information content (AvgIpc) is 3.09. The van der Waals surface area contributed by atoms with Crippen molar-refractivity contribution >= 4 is 5.91 Å². The van der Waals surface area contributed by atoms with Crippen molar-refractivity contribution in [1.82, 2.24) is 5.32 Å². The van der Waals surface area contributed by atoms with Crippen molar-refractivity contribution in [2.75, 3.05) is 0 Å². The molecule has 2 fully saturated rings. The zero-order chi connectivity index (χ0) is 13.9. The molecule has 2 aliphatic carbocycles. The average molecular weight is 271 g/mol. The SMILES string of the molecule is C[C@@H](NC(=O)CCc1ccccc1)[C@@H]1C[C@H]2CC[C@H]1C2. The highest BCUT2D eigenvalue weighted by Gasteiger charge is 2.41. The molecule has 2 heteroatoms. The van der Waals surface area contributed by atoms with Crippen molar-refractivity contribution in [3.63, 3.8) is 0 Å². The van der Waals surface area contributed by atoms with Crippen LogP contribution in [0.15, 0.2) is 30.3 Å². The minimum absolute atomic E-state index is 0.212. The van der Waals surface area contributed by atoms with E-state index in [4.69, 9.17) is 0 Å². The van der Waals surface area contributed by atoms with Gasteiger partial charge in [0.1, 0.15) is 0 Å². The highest BCUT2D eigenvalue weighted by atomic mass is 16.1. The number of benzene rings is 1. The fourth-order valence-corrected chi connectivity index (χ4v) is 4.24. The minimum Gasteiger partial charge on any atom is -0.353 e. The Balaban J connectivity index is 1.44. The normalized spacial score (nSPS) is 29.4. The van der Waals surface area contributed by atoms with Crippen LogP contribution in [-0.4, -0.2) is 11.9 Å². The first-order valence-electron chi connectivity index (χ1n) is 8.05. The van der Waals surface area contributed by atoms with Crippen LogP contribution in [0, 0.1) is 17.8 Å². The third kappa shape index (κ3) is 3.05. The van der Waals surface area contributed by atoms with E-state index in [1.165, 1.54) is 31.2 Å². The Morgan fingerprint density at radius 1 is 1.25 bits per heavy atom. The van der Waals surface area contributed by atoms with Gasteiger partial charge in [-0.1, -0.05) is 36.8 Å². The molecule has 108 valence electrons. The number of nitrogens with one attached hydrogen (secondary N) is 1. The highest BCUT2D eigenvalue weighted by Crippen LogP contribution is 2.49. The summed E-state index contributed by atoms with van der Waals surface area (Å²) in [5.74, 6) is 2.77. The van der Waals surface area contributed by atoms with Gasteiger partial charge in [-0.05, 0) is 55.9 Å². The van der Waals surface area contributed by atoms with E-state index < -0.39 is 0 Å². The zero-order valence-electron chi connectivity index (χ0n) is 12.3. The number of fused-ring (bicyclic) bond motifs is 2. The molecule has 2 aliphatic rings. The number of carbonyl (C=O) groups excluding carboxylic acids is 1. The summed E-state index contributed by atoms with van der Waals surface area (Å²) in [7, 11) is 0. The van der Waals surface area contributed by atoms with Gasteiger partial charge in [0.25, 0.3) is 0 Å². The summed E-state index contributed by atoms with van der Waals surface area (Å²) >= 11 is 0. The molecule has 3 rings (SSSR count). The maximum absolute atomic E-state index is 12.1. The summed E-state index contributed by atoms with van der Waals surface area (Å²) in [6, 6.07) is 10.6. The zero-order valence-corrected chi connectivity index (χ0v) is 12.3. The standard InChI is InChI=1S/C18H25NO/c1-13(17-12-15-7-9-16(17)11-15)19-18(20)10-8-14-5-3-2-4-6-14/h2-6,13,15-17H,7-12H2,1H3,(H,19,20)/t13-,15+,16+,17+/m1/s1. The third-order valence-electron chi connectivity index (χ3n) is 5.31. The van der Waals surface area contributed by atoms with Crippen LogP contribution in [-0.2, 0) is 11.2 Å². The lowest BCUT2D eigenvalue weighted by molar-refractivity contribution is -0.122. The Morgan fingerprint density at radius 2 is 2.05 bits per heavy atom. The van der Waals surface area contributed by atoms with E-state index in [0.717, 1.165) is 24.2 Å². The summed E-state index contributed by atoms with van der Waals surface area (Å²) in [5, 5.41) is 3.24. The second-order valence-electron chi connectivity index (χ2n) is 6.68. The topological polar surface area (TPSA) is 29.1 Å². The van der Waals surface area contributed by atoms with Crippen LogP contribution >= 0.6 is 0 Å². The van der Waals surface area contributed by atoms with Gasteiger partial charge in [0.15, 0.2) is 0 Å². The van der Waals surface area contributed by atoms with E-state index in [2.05, 4.69) is 24.4 Å². The van der Waals surface area contributed by atoms with Crippen molar-refractivity contribution in [2.45, 2.75) is 51.5 Å². The second kappa shape index (κ2) is 5.99. The Labute approximate surface area is 122 Å². The van der Waals surface area contributed by atoms with Gasteiger partial charge in [-0.15, -0.1) is 0 Å². The summed E-state index contributed by atoms with van der Waals surface area (Å²) in [6.07, 6.45) is 7.01. The molecule has 2 saturated carbocycles. The lowest BCUT2D eigenvalue weighted by Gasteiger charge is -2.28. The third-order valence-corrected chi connectivity index (χ3v) is 5.31. The first kappa shape index (κ1) is 13.7. The molecule has 2 nitrogen and oxygen atoms in total. The number of hydrogen-bond donors (Lipinski definition) is 1. The summed E-state index contributed by atoms with van der Waals surface area (Å²) in [6.45, 7) is 2.20. The largest absolute Gasteiger partial charge is 0.353 e. The van der Waals surface area contributed by atoms with Gasteiger partial charge in [0.2, 0.25) is 5.91 Å². The molecule has 0 unspecified atom stereocenters. The van der Waals surface area contributed by atoms with E-state index in [0.29, 0.717) is 12.5 Å². The highest BCUT2D eigenvalue weighted by molar-refractivity contribution is 5.76. The van der Waals surface area contributed by atoms with Gasteiger partial charge in [-0.3, -0.25) is 4.79 Å². The molecule has 0 spiro atoms. The Hall–Kier alpha value is -1.31. The Morgan fingerprint density at radius 3 is 2.70 bits per heavy atom. The van der Waals surface area contributed by atoms with Crippen LogP contribution in [0.4, 0.5) is 0 Å². The van der Waals surface area contributed by atoms with Crippen molar-refractivity contribution < 1.29 is 4.79 Å².